The minimum absolute atomic E-state index is 0.214. The van der Waals surface area contributed by atoms with Crippen molar-refractivity contribution in [3.8, 4) is 17.2 Å². The number of hydrogen-bond donors (Lipinski definition) is 0. The number of pyridine rings is 1. The minimum atomic E-state index is -4.46. The largest absolute Gasteiger partial charge is 0.433 e. The van der Waals surface area contributed by atoms with Crippen molar-refractivity contribution in [3.05, 3.63) is 88.4 Å². The van der Waals surface area contributed by atoms with Crippen molar-refractivity contribution in [2.45, 2.75) is 31.4 Å². The molecular formula is C23H19F3N2S. The summed E-state index contributed by atoms with van der Waals surface area (Å²) in [6.45, 7) is 7.99. The first kappa shape index (κ1) is 20.8. The first-order valence-electron chi connectivity index (χ1n) is 8.92. The van der Waals surface area contributed by atoms with E-state index in [4.69, 9.17) is 5.26 Å². The molecule has 0 aliphatic carbocycles. The third-order valence-electron chi connectivity index (χ3n) is 5.01. The van der Waals surface area contributed by atoms with Gasteiger partial charge in [-0.1, -0.05) is 38.1 Å². The molecule has 148 valence electrons. The van der Waals surface area contributed by atoms with Gasteiger partial charge < -0.3 is 0 Å². The molecule has 0 N–H and O–H groups in total. The second kappa shape index (κ2) is 7.84. The predicted octanol–water partition coefficient (Wildman–Crippen LogP) is 6.95. The van der Waals surface area contributed by atoms with Crippen LogP contribution in [0.5, 0.6) is 0 Å². The van der Waals surface area contributed by atoms with Crippen LogP contribution in [0.3, 0.4) is 0 Å². The molecule has 0 aliphatic heterocycles. The van der Waals surface area contributed by atoms with E-state index in [1.54, 1.807) is 23.5 Å². The molecule has 0 aliphatic rings. The average Bonchev–Trinajstić information content (AvgIpc) is 3.19. The Balaban J connectivity index is 1.93. The van der Waals surface area contributed by atoms with E-state index in [1.807, 2.05) is 37.4 Å². The maximum absolute atomic E-state index is 12.8. The van der Waals surface area contributed by atoms with E-state index in [9.17, 15) is 13.2 Å². The van der Waals surface area contributed by atoms with Crippen molar-refractivity contribution in [3.63, 3.8) is 0 Å². The van der Waals surface area contributed by atoms with Gasteiger partial charge >= 0.3 is 6.18 Å². The number of hydrogen-bond acceptors (Lipinski definition) is 3. The summed E-state index contributed by atoms with van der Waals surface area (Å²) >= 11 is 1.58. The number of benzene rings is 1. The van der Waals surface area contributed by atoms with Crippen molar-refractivity contribution in [2.24, 2.45) is 0 Å². The average molecular weight is 412 g/mol. The quantitative estimate of drug-likeness (QED) is 0.425. The lowest BCUT2D eigenvalue weighted by molar-refractivity contribution is -0.141. The predicted molar refractivity (Wildman–Crippen MR) is 110 cm³/mol. The van der Waals surface area contributed by atoms with Crippen molar-refractivity contribution >= 4 is 11.3 Å². The van der Waals surface area contributed by atoms with Crippen molar-refractivity contribution in [1.29, 1.82) is 5.26 Å². The number of rotatable bonds is 5. The highest BCUT2D eigenvalue weighted by Crippen LogP contribution is 2.43. The van der Waals surface area contributed by atoms with Crippen molar-refractivity contribution in [1.82, 2.24) is 4.98 Å². The number of alkyl halides is 3. The normalized spacial score (nSPS) is 13.0. The molecule has 3 aromatic rings. The molecule has 29 heavy (non-hydrogen) atoms. The zero-order valence-electron chi connectivity index (χ0n) is 16.0. The number of nitriles is 1. The van der Waals surface area contributed by atoms with Gasteiger partial charge in [0.1, 0.15) is 5.69 Å². The zero-order valence-corrected chi connectivity index (χ0v) is 16.8. The highest BCUT2D eigenvalue weighted by Gasteiger charge is 2.35. The molecule has 6 heteroatoms. The Morgan fingerprint density at radius 1 is 1.14 bits per heavy atom. The zero-order chi connectivity index (χ0) is 21.2. The Morgan fingerprint density at radius 2 is 1.90 bits per heavy atom. The van der Waals surface area contributed by atoms with E-state index in [1.165, 1.54) is 12.3 Å². The summed E-state index contributed by atoms with van der Waals surface area (Å²) in [6.07, 6.45) is -1.43. The van der Waals surface area contributed by atoms with Gasteiger partial charge in [-0.15, -0.1) is 17.9 Å². The topological polar surface area (TPSA) is 36.7 Å². The van der Waals surface area contributed by atoms with Gasteiger partial charge in [-0.25, -0.2) is 0 Å². The Morgan fingerprint density at radius 3 is 2.48 bits per heavy atom. The standard InChI is InChI=1S/C23H19F3N2S/c1-4-19(17-8-9-20(28-13-17)23(24,25)26)22(2,3)21-11-18(14-29-21)16-7-5-6-15(10-16)12-27/h4-11,13-14,19H,1H2,2-3H3. The van der Waals surface area contributed by atoms with Crippen LogP contribution in [0.25, 0.3) is 11.1 Å². The van der Waals surface area contributed by atoms with Gasteiger partial charge in [-0.3, -0.25) is 4.98 Å². The monoisotopic (exact) mass is 412 g/mol. The molecule has 0 spiro atoms. The molecular weight excluding hydrogens is 393 g/mol. The van der Waals surface area contributed by atoms with Crippen LogP contribution >= 0.6 is 11.3 Å². The summed E-state index contributed by atoms with van der Waals surface area (Å²) in [6, 6.07) is 14.1. The summed E-state index contributed by atoms with van der Waals surface area (Å²) in [4.78, 5) is 4.67. The van der Waals surface area contributed by atoms with Crippen LogP contribution in [-0.4, -0.2) is 4.98 Å². The number of allylic oxidation sites excluding steroid dienone is 1. The molecule has 0 fully saturated rings. The van der Waals surface area contributed by atoms with E-state index in [0.29, 0.717) is 11.1 Å². The number of thiophene rings is 1. The molecule has 1 atom stereocenters. The molecule has 1 aromatic carbocycles. The smallest absolute Gasteiger partial charge is 0.251 e. The SMILES string of the molecule is C=CC(c1ccc(C(F)(F)F)nc1)C(C)(C)c1cc(-c2cccc(C#N)c2)cs1. The third kappa shape index (κ3) is 4.25. The minimum Gasteiger partial charge on any atom is -0.251 e. The molecule has 1 unspecified atom stereocenters. The summed E-state index contributed by atoms with van der Waals surface area (Å²) < 4.78 is 38.5. The van der Waals surface area contributed by atoms with Crippen LogP contribution in [0.1, 0.15) is 41.5 Å². The van der Waals surface area contributed by atoms with Gasteiger partial charge in [0.25, 0.3) is 0 Å². The van der Waals surface area contributed by atoms with Gasteiger partial charge in [0.05, 0.1) is 11.6 Å². The van der Waals surface area contributed by atoms with Crippen molar-refractivity contribution < 1.29 is 13.2 Å². The van der Waals surface area contributed by atoms with Gasteiger partial charge in [-0.05, 0) is 46.3 Å². The molecule has 0 bridgehead atoms. The fourth-order valence-corrected chi connectivity index (χ4v) is 4.44. The van der Waals surface area contributed by atoms with Crippen LogP contribution in [0.2, 0.25) is 0 Å². The molecule has 0 saturated heterocycles. The van der Waals surface area contributed by atoms with Crippen LogP contribution in [0, 0.1) is 11.3 Å². The van der Waals surface area contributed by atoms with Gasteiger partial charge in [0.2, 0.25) is 0 Å². The van der Waals surface area contributed by atoms with Crippen molar-refractivity contribution in [2.75, 3.05) is 0 Å². The van der Waals surface area contributed by atoms with Crippen LogP contribution in [-0.2, 0) is 11.6 Å². The van der Waals surface area contributed by atoms with E-state index < -0.39 is 17.3 Å². The third-order valence-corrected chi connectivity index (χ3v) is 6.28. The first-order chi connectivity index (χ1) is 13.7. The summed E-state index contributed by atoms with van der Waals surface area (Å²) in [7, 11) is 0. The van der Waals surface area contributed by atoms with E-state index in [2.05, 4.69) is 23.7 Å². The lowest BCUT2D eigenvalue weighted by Crippen LogP contribution is -2.25. The molecule has 2 nitrogen and oxygen atoms in total. The molecule has 2 heterocycles. The summed E-state index contributed by atoms with van der Waals surface area (Å²) in [5.41, 5.74) is 1.92. The number of halogens is 3. The number of nitrogens with zero attached hydrogens (tertiary/aromatic N) is 2. The first-order valence-corrected chi connectivity index (χ1v) is 9.80. The Kier molecular flexibility index (Phi) is 5.63. The Labute approximate surface area is 172 Å². The molecule has 3 rings (SSSR count). The number of aromatic nitrogens is 1. The molecule has 0 radical (unpaired) electrons. The fourth-order valence-electron chi connectivity index (χ4n) is 3.35. The lowest BCUT2D eigenvalue weighted by Gasteiger charge is -2.32. The molecule has 2 aromatic heterocycles. The maximum atomic E-state index is 12.8. The summed E-state index contributed by atoms with van der Waals surface area (Å²) in [5, 5.41) is 11.1. The molecule has 0 amide bonds. The fraction of sp³-hybridized carbons (Fsp3) is 0.217. The van der Waals surface area contributed by atoms with Crippen LogP contribution in [0.4, 0.5) is 13.2 Å². The highest BCUT2D eigenvalue weighted by atomic mass is 32.1. The van der Waals surface area contributed by atoms with E-state index >= 15 is 0 Å². The highest BCUT2D eigenvalue weighted by molar-refractivity contribution is 7.10. The van der Waals surface area contributed by atoms with E-state index in [0.717, 1.165) is 22.1 Å². The summed E-state index contributed by atoms with van der Waals surface area (Å²) in [5.74, 6) is -0.214. The van der Waals surface area contributed by atoms with E-state index in [-0.39, 0.29) is 5.92 Å². The molecule has 0 saturated carbocycles. The maximum Gasteiger partial charge on any atom is 0.433 e. The Bertz CT molecular complexity index is 1060. The van der Waals surface area contributed by atoms with Gasteiger partial charge in [-0.2, -0.15) is 18.4 Å². The lowest BCUT2D eigenvalue weighted by atomic mass is 9.74. The Hall–Kier alpha value is -2.91. The van der Waals surface area contributed by atoms with Crippen LogP contribution < -0.4 is 0 Å². The van der Waals surface area contributed by atoms with Gasteiger partial charge in [0, 0.05) is 22.4 Å². The second-order valence-electron chi connectivity index (χ2n) is 7.30. The second-order valence-corrected chi connectivity index (χ2v) is 8.21. The van der Waals surface area contributed by atoms with Gasteiger partial charge in [0.15, 0.2) is 0 Å². The van der Waals surface area contributed by atoms with Crippen LogP contribution in [0.15, 0.2) is 66.7 Å².